The van der Waals surface area contributed by atoms with E-state index in [9.17, 15) is 9.59 Å². The third-order valence-corrected chi connectivity index (χ3v) is 5.33. The highest BCUT2D eigenvalue weighted by Gasteiger charge is 2.25. The lowest BCUT2D eigenvalue weighted by Crippen LogP contribution is -2.39. The van der Waals surface area contributed by atoms with Gasteiger partial charge in [0.05, 0.1) is 18.8 Å². The summed E-state index contributed by atoms with van der Waals surface area (Å²) in [6.07, 6.45) is 3.82. The van der Waals surface area contributed by atoms with Gasteiger partial charge in [-0.25, -0.2) is 9.67 Å². The topological polar surface area (TPSA) is 93.1 Å². The number of hydrogen-bond donors (Lipinski definition) is 1. The quantitative estimate of drug-likeness (QED) is 0.715. The maximum absolute atomic E-state index is 12.6. The van der Waals surface area contributed by atoms with Gasteiger partial charge in [-0.3, -0.25) is 9.59 Å². The highest BCUT2D eigenvalue weighted by molar-refractivity contribution is 5.74. The van der Waals surface area contributed by atoms with Crippen molar-refractivity contribution in [1.29, 1.82) is 0 Å². The van der Waals surface area contributed by atoms with Crippen LogP contribution in [-0.4, -0.2) is 50.3 Å². The van der Waals surface area contributed by atoms with Gasteiger partial charge in [-0.2, -0.15) is 5.10 Å². The molecule has 0 spiro atoms. The lowest BCUT2D eigenvalue weighted by molar-refractivity contribution is -0.130. The number of fused-ring (bicyclic) bond motifs is 1. The summed E-state index contributed by atoms with van der Waals surface area (Å²) < 4.78 is 7.49. The van der Waals surface area contributed by atoms with Crippen LogP contribution >= 0.6 is 0 Å². The van der Waals surface area contributed by atoms with E-state index in [2.05, 4.69) is 10.1 Å². The van der Waals surface area contributed by atoms with Crippen molar-refractivity contribution in [2.24, 2.45) is 0 Å². The van der Waals surface area contributed by atoms with E-state index in [-0.39, 0.29) is 17.5 Å². The Balaban J connectivity index is 1.69. The Labute approximate surface area is 168 Å². The summed E-state index contributed by atoms with van der Waals surface area (Å²) in [4.78, 5) is 33.8. The second-order valence-electron chi connectivity index (χ2n) is 7.32. The van der Waals surface area contributed by atoms with Crippen molar-refractivity contribution in [2.45, 2.75) is 39.2 Å². The number of piperidine rings is 1. The lowest BCUT2D eigenvalue weighted by atomic mass is 10.1. The number of hydrogen-bond acceptors (Lipinski definition) is 5. The summed E-state index contributed by atoms with van der Waals surface area (Å²) in [5.74, 6) is 1.41. The molecule has 1 saturated heterocycles. The summed E-state index contributed by atoms with van der Waals surface area (Å²) in [6.45, 7) is 5.44. The number of rotatable bonds is 5. The normalized spacial score (nSPS) is 16.9. The van der Waals surface area contributed by atoms with Crippen LogP contribution in [0.1, 0.15) is 44.1 Å². The number of aromatic nitrogens is 4. The van der Waals surface area contributed by atoms with Gasteiger partial charge in [-0.1, -0.05) is 18.2 Å². The zero-order valence-corrected chi connectivity index (χ0v) is 16.7. The number of aromatic amines is 1. The monoisotopic (exact) mass is 395 g/mol. The highest BCUT2D eigenvalue weighted by atomic mass is 16.5. The highest BCUT2D eigenvalue weighted by Crippen LogP contribution is 2.25. The van der Waals surface area contributed by atoms with E-state index >= 15 is 0 Å². The van der Waals surface area contributed by atoms with Crippen molar-refractivity contribution in [1.82, 2.24) is 24.6 Å². The van der Waals surface area contributed by atoms with Crippen molar-refractivity contribution in [3.63, 3.8) is 0 Å². The molecule has 1 aromatic carbocycles. The molecule has 2 aromatic heterocycles. The van der Waals surface area contributed by atoms with Crippen LogP contribution in [0.2, 0.25) is 0 Å². The molecule has 8 heteroatoms. The first-order chi connectivity index (χ1) is 14.1. The maximum Gasteiger partial charge on any atom is 0.262 e. The summed E-state index contributed by atoms with van der Waals surface area (Å²) in [5.41, 5.74) is 1.32. The third kappa shape index (κ3) is 3.87. The Kier molecular flexibility index (Phi) is 5.33. The molecule has 3 heterocycles. The number of likely N-dealkylation sites (tertiary alicyclic amines) is 1. The van der Waals surface area contributed by atoms with E-state index in [1.807, 2.05) is 36.1 Å². The van der Waals surface area contributed by atoms with E-state index in [1.165, 1.54) is 0 Å². The number of para-hydroxylation sites is 1. The molecule has 1 N–H and O–H groups in total. The molecule has 152 valence electrons. The number of nitrogens with one attached hydrogen (secondary N) is 1. The molecule has 4 rings (SSSR count). The molecule has 29 heavy (non-hydrogen) atoms. The van der Waals surface area contributed by atoms with Crippen LogP contribution in [0.4, 0.5) is 0 Å². The number of H-pyrrole nitrogens is 1. The van der Waals surface area contributed by atoms with Crippen molar-refractivity contribution < 1.29 is 9.53 Å². The van der Waals surface area contributed by atoms with Gasteiger partial charge in [-0.05, 0) is 25.8 Å². The second-order valence-corrected chi connectivity index (χ2v) is 7.32. The van der Waals surface area contributed by atoms with E-state index in [0.29, 0.717) is 36.4 Å². The van der Waals surface area contributed by atoms with Crippen LogP contribution < -0.4 is 10.3 Å². The number of carbonyl (C=O) groups excluding carboxylic acids is 1. The van der Waals surface area contributed by atoms with Gasteiger partial charge in [0.25, 0.3) is 5.56 Å². The molecule has 0 saturated carbocycles. The van der Waals surface area contributed by atoms with Crippen LogP contribution in [0.5, 0.6) is 5.75 Å². The van der Waals surface area contributed by atoms with Gasteiger partial charge >= 0.3 is 0 Å². The minimum absolute atomic E-state index is 0.0167. The minimum Gasteiger partial charge on any atom is -0.494 e. The van der Waals surface area contributed by atoms with Gasteiger partial charge in [0.15, 0.2) is 5.65 Å². The summed E-state index contributed by atoms with van der Waals surface area (Å²) in [7, 11) is 0. The van der Waals surface area contributed by atoms with Crippen LogP contribution in [-0.2, 0) is 11.2 Å². The van der Waals surface area contributed by atoms with Crippen molar-refractivity contribution in [3.8, 4) is 5.75 Å². The van der Waals surface area contributed by atoms with Crippen LogP contribution in [0, 0.1) is 0 Å². The number of amides is 1. The fourth-order valence-corrected chi connectivity index (χ4v) is 3.90. The van der Waals surface area contributed by atoms with Crippen molar-refractivity contribution in [2.75, 3.05) is 19.7 Å². The SMILES string of the molecule is CCOc1ccccc1Cc1nc2c(cnn2C2CCCN(C(C)=O)C2)c(=O)[nH]1. The summed E-state index contributed by atoms with van der Waals surface area (Å²) in [6, 6.07) is 7.77. The summed E-state index contributed by atoms with van der Waals surface area (Å²) >= 11 is 0. The second kappa shape index (κ2) is 8.06. The predicted octanol–water partition coefficient (Wildman–Crippen LogP) is 2.29. The lowest BCUT2D eigenvalue weighted by Gasteiger charge is -2.32. The smallest absolute Gasteiger partial charge is 0.262 e. The van der Waals surface area contributed by atoms with Crippen molar-refractivity contribution in [3.05, 3.63) is 52.2 Å². The molecule has 1 unspecified atom stereocenters. The van der Waals surface area contributed by atoms with Crippen molar-refractivity contribution >= 4 is 16.9 Å². The van der Waals surface area contributed by atoms with E-state index in [4.69, 9.17) is 9.72 Å². The minimum atomic E-state index is -0.204. The first-order valence-corrected chi connectivity index (χ1v) is 9.99. The molecule has 1 aliphatic rings. The largest absolute Gasteiger partial charge is 0.494 e. The van der Waals surface area contributed by atoms with Crippen LogP contribution in [0.3, 0.4) is 0 Å². The van der Waals surface area contributed by atoms with Gasteiger partial charge in [-0.15, -0.1) is 0 Å². The molecular formula is C21H25N5O3. The maximum atomic E-state index is 12.6. The molecule has 0 aliphatic carbocycles. The average molecular weight is 395 g/mol. The number of carbonyl (C=O) groups is 1. The van der Waals surface area contributed by atoms with Gasteiger partial charge in [0.2, 0.25) is 5.91 Å². The molecule has 1 atom stereocenters. The molecule has 3 aromatic rings. The van der Waals surface area contributed by atoms with E-state index in [1.54, 1.807) is 17.8 Å². The van der Waals surface area contributed by atoms with Crippen LogP contribution in [0.25, 0.3) is 11.0 Å². The molecule has 1 fully saturated rings. The Morgan fingerprint density at radius 1 is 1.34 bits per heavy atom. The number of benzene rings is 1. The fourth-order valence-electron chi connectivity index (χ4n) is 3.90. The summed E-state index contributed by atoms with van der Waals surface area (Å²) in [5, 5.41) is 4.90. The first kappa shape index (κ1) is 19.2. The van der Waals surface area contributed by atoms with Gasteiger partial charge in [0, 0.05) is 32.0 Å². The average Bonchev–Trinajstić information content (AvgIpc) is 3.14. The Bertz CT molecular complexity index is 1090. The first-order valence-electron chi connectivity index (χ1n) is 9.99. The van der Waals surface area contributed by atoms with E-state index < -0.39 is 0 Å². The Morgan fingerprint density at radius 2 is 2.17 bits per heavy atom. The molecule has 8 nitrogen and oxygen atoms in total. The zero-order valence-electron chi connectivity index (χ0n) is 16.7. The standard InChI is InChI=1S/C21H25N5O3/c1-3-29-18-9-5-4-7-15(18)11-19-23-20-17(21(28)24-19)12-22-26(20)16-8-6-10-25(13-16)14(2)27/h4-5,7,9,12,16H,3,6,8,10-11,13H2,1-2H3,(H,23,24,28). The van der Waals surface area contributed by atoms with Gasteiger partial charge < -0.3 is 14.6 Å². The number of nitrogens with zero attached hydrogens (tertiary/aromatic N) is 4. The number of ether oxygens (including phenoxy) is 1. The van der Waals surface area contributed by atoms with Crippen LogP contribution in [0.15, 0.2) is 35.3 Å². The predicted molar refractivity (Wildman–Crippen MR) is 109 cm³/mol. The third-order valence-electron chi connectivity index (χ3n) is 5.33. The molecule has 1 amide bonds. The molecule has 1 aliphatic heterocycles. The Morgan fingerprint density at radius 3 is 2.97 bits per heavy atom. The zero-order chi connectivity index (χ0) is 20.4. The molecule has 0 bridgehead atoms. The van der Waals surface area contributed by atoms with E-state index in [0.717, 1.165) is 30.7 Å². The van der Waals surface area contributed by atoms with Gasteiger partial charge in [0.1, 0.15) is 17.0 Å². The molecular weight excluding hydrogens is 370 g/mol. The molecule has 0 radical (unpaired) electrons. The Hall–Kier alpha value is -3.16. The fraction of sp³-hybridized carbons (Fsp3) is 0.429.